The maximum atomic E-state index is 12.8. The van der Waals surface area contributed by atoms with Crippen molar-refractivity contribution >= 4 is 5.97 Å². The zero-order valence-electron chi connectivity index (χ0n) is 36.0. The van der Waals surface area contributed by atoms with Crippen LogP contribution in [-0.4, -0.2) is 89.6 Å². The van der Waals surface area contributed by atoms with E-state index in [2.05, 4.69) is 111 Å². The molecule has 58 heavy (non-hydrogen) atoms. The van der Waals surface area contributed by atoms with Gasteiger partial charge in [0.1, 0.15) is 30.5 Å². The van der Waals surface area contributed by atoms with E-state index >= 15 is 0 Å². The fraction of sp³-hybridized carbons (Fsp3) is 0.653. The minimum Gasteiger partial charge on any atom is -0.457 e. The number of hydrogen-bond acceptors (Lipinski definition) is 9. The van der Waals surface area contributed by atoms with Crippen LogP contribution in [0.5, 0.6) is 0 Å². The predicted octanol–water partition coefficient (Wildman–Crippen LogP) is 10.0. The standard InChI is InChI=1S/C49H80O9/c1-3-5-7-9-11-13-15-17-19-20-21-22-23-24-25-26-28-30-32-34-36-38-45(51)57-43(42-56-49-48(54)47(53)46(52)44(40-50)58-49)41-55-39-37-35-33-31-29-27-18-16-14-12-10-8-6-4-2/h5-8,11-14,17-19,21-22,27,31,33,43-44,46-50,52-54H,3-4,9-10,15-16,20,23-26,28-30,32,34-42H2,1-2H3/b7-5-,8-6-,13-11-,14-12-,19-17-,22-21-,27-18-,33-31-. The molecule has 1 heterocycles. The molecule has 0 aromatic carbocycles. The summed E-state index contributed by atoms with van der Waals surface area (Å²) in [5.41, 5.74) is 0. The number of allylic oxidation sites excluding steroid dienone is 16. The first-order chi connectivity index (χ1) is 28.4. The van der Waals surface area contributed by atoms with E-state index in [4.69, 9.17) is 18.9 Å². The minimum absolute atomic E-state index is 0.0969. The van der Waals surface area contributed by atoms with Gasteiger partial charge in [0, 0.05) is 13.0 Å². The van der Waals surface area contributed by atoms with Crippen LogP contribution in [0.2, 0.25) is 0 Å². The van der Waals surface area contributed by atoms with E-state index in [1.54, 1.807) is 0 Å². The Labute approximate surface area is 352 Å². The molecule has 0 radical (unpaired) electrons. The molecule has 0 bridgehead atoms. The molecule has 6 atom stereocenters. The van der Waals surface area contributed by atoms with Gasteiger partial charge in [-0.2, -0.15) is 0 Å². The highest BCUT2D eigenvalue weighted by Crippen LogP contribution is 2.22. The second kappa shape index (κ2) is 39.6. The lowest BCUT2D eigenvalue weighted by molar-refractivity contribution is -0.305. The van der Waals surface area contributed by atoms with E-state index in [1.807, 2.05) is 0 Å². The second-order valence-electron chi connectivity index (χ2n) is 14.7. The molecule has 9 heteroatoms. The van der Waals surface area contributed by atoms with Crippen LogP contribution in [0.4, 0.5) is 0 Å². The number of hydrogen-bond donors (Lipinski definition) is 4. The van der Waals surface area contributed by atoms with Crippen LogP contribution in [-0.2, 0) is 23.7 Å². The number of rotatable bonds is 36. The Bertz CT molecular complexity index is 1200. The molecular weight excluding hydrogens is 733 g/mol. The number of aliphatic hydroxyl groups excluding tert-OH is 4. The summed E-state index contributed by atoms with van der Waals surface area (Å²) in [5, 5.41) is 40.1. The van der Waals surface area contributed by atoms with E-state index in [9.17, 15) is 25.2 Å². The number of carbonyl (C=O) groups is 1. The van der Waals surface area contributed by atoms with Gasteiger partial charge in [0.2, 0.25) is 0 Å². The smallest absolute Gasteiger partial charge is 0.306 e. The van der Waals surface area contributed by atoms with Gasteiger partial charge >= 0.3 is 5.97 Å². The molecule has 1 aliphatic rings. The van der Waals surface area contributed by atoms with E-state index in [0.29, 0.717) is 6.61 Å². The van der Waals surface area contributed by atoms with Crippen molar-refractivity contribution in [3.05, 3.63) is 97.2 Å². The Balaban J connectivity index is 2.30. The minimum atomic E-state index is -1.55. The van der Waals surface area contributed by atoms with Gasteiger partial charge in [-0.1, -0.05) is 150 Å². The van der Waals surface area contributed by atoms with E-state index in [0.717, 1.165) is 96.3 Å². The maximum absolute atomic E-state index is 12.8. The van der Waals surface area contributed by atoms with Crippen molar-refractivity contribution in [2.24, 2.45) is 0 Å². The molecule has 330 valence electrons. The zero-order valence-corrected chi connectivity index (χ0v) is 36.0. The highest BCUT2D eigenvalue weighted by molar-refractivity contribution is 5.69. The Morgan fingerprint density at radius 1 is 0.552 bits per heavy atom. The quantitative estimate of drug-likeness (QED) is 0.0277. The van der Waals surface area contributed by atoms with Crippen molar-refractivity contribution in [3.8, 4) is 0 Å². The highest BCUT2D eigenvalue weighted by atomic mass is 16.7. The fourth-order valence-electron chi connectivity index (χ4n) is 6.07. The number of unbranched alkanes of at least 4 members (excludes halogenated alkanes) is 9. The first kappa shape index (κ1) is 53.1. The van der Waals surface area contributed by atoms with Crippen molar-refractivity contribution in [1.82, 2.24) is 0 Å². The first-order valence-corrected chi connectivity index (χ1v) is 22.3. The van der Waals surface area contributed by atoms with Gasteiger partial charge in [-0.3, -0.25) is 4.79 Å². The molecule has 0 saturated carbocycles. The molecule has 0 spiro atoms. The van der Waals surface area contributed by atoms with E-state index in [-0.39, 0.29) is 25.6 Å². The summed E-state index contributed by atoms with van der Waals surface area (Å²) >= 11 is 0. The fourth-order valence-corrected chi connectivity index (χ4v) is 6.07. The van der Waals surface area contributed by atoms with Gasteiger partial charge < -0.3 is 39.4 Å². The van der Waals surface area contributed by atoms with Gasteiger partial charge in [-0.25, -0.2) is 0 Å². The molecular formula is C49H80O9. The number of aliphatic hydroxyl groups is 4. The van der Waals surface area contributed by atoms with Crippen molar-refractivity contribution in [2.75, 3.05) is 26.4 Å². The summed E-state index contributed by atoms with van der Waals surface area (Å²) in [6.07, 6.45) is 47.3. The summed E-state index contributed by atoms with van der Waals surface area (Å²) in [7, 11) is 0. The average Bonchev–Trinajstić information content (AvgIpc) is 3.22. The van der Waals surface area contributed by atoms with Crippen molar-refractivity contribution in [1.29, 1.82) is 0 Å². The molecule has 0 amide bonds. The van der Waals surface area contributed by atoms with Gasteiger partial charge in [-0.05, 0) is 83.5 Å². The van der Waals surface area contributed by atoms with Gasteiger partial charge in [-0.15, -0.1) is 0 Å². The summed E-state index contributed by atoms with van der Waals surface area (Å²) in [6, 6.07) is 0. The summed E-state index contributed by atoms with van der Waals surface area (Å²) in [6.45, 7) is 4.15. The van der Waals surface area contributed by atoms with Crippen molar-refractivity contribution < 1.29 is 44.2 Å². The molecule has 1 fully saturated rings. The van der Waals surface area contributed by atoms with Crippen LogP contribution >= 0.6 is 0 Å². The Morgan fingerprint density at radius 3 is 1.50 bits per heavy atom. The Hall–Kier alpha value is -2.89. The van der Waals surface area contributed by atoms with Crippen molar-refractivity contribution in [2.45, 2.75) is 179 Å². The third-order valence-electron chi connectivity index (χ3n) is 9.50. The zero-order chi connectivity index (χ0) is 42.2. The average molecular weight is 813 g/mol. The maximum Gasteiger partial charge on any atom is 0.306 e. The summed E-state index contributed by atoms with van der Waals surface area (Å²) in [4.78, 5) is 12.8. The van der Waals surface area contributed by atoms with E-state index < -0.39 is 43.4 Å². The molecule has 1 rings (SSSR count). The number of carbonyl (C=O) groups excluding carboxylic acids is 1. The predicted molar refractivity (Wildman–Crippen MR) is 237 cm³/mol. The lowest BCUT2D eigenvalue weighted by atomic mass is 9.99. The Morgan fingerprint density at radius 2 is 1.00 bits per heavy atom. The number of ether oxygens (including phenoxy) is 4. The molecule has 0 aliphatic carbocycles. The van der Waals surface area contributed by atoms with Crippen LogP contribution < -0.4 is 0 Å². The van der Waals surface area contributed by atoms with Crippen LogP contribution in [0.15, 0.2) is 97.2 Å². The molecule has 1 aliphatic heterocycles. The molecule has 4 N–H and O–H groups in total. The van der Waals surface area contributed by atoms with Crippen LogP contribution in [0.3, 0.4) is 0 Å². The third-order valence-corrected chi connectivity index (χ3v) is 9.50. The molecule has 1 saturated heterocycles. The lowest BCUT2D eigenvalue weighted by Gasteiger charge is -2.39. The lowest BCUT2D eigenvalue weighted by Crippen LogP contribution is -2.59. The van der Waals surface area contributed by atoms with Gasteiger partial charge in [0.25, 0.3) is 0 Å². The van der Waals surface area contributed by atoms with Gasteiger partial charge in [0.05, 0.1) is 19.8 Å². The highest BCUT2D eigenvalue weighted by Gasteiger charge is 2.44. The Kier molecular flexibility index (Phi) is 36.2. The van der Waals surface area contributed by atoms with Crippen molar-refractivity contribution in [3.63, 3.8) is 0 Å². The molecule has 9 nitrogen and oxygen atoms in total. The second-order valence-corrected chi connectivity index (χ2v) is 14.7. The topological polar surface area (TPSA) is 135 Å². The molecule has 0 aromatic rings. The number of esters is 1. The van der Waals surface area contributed by atoms with E-state index in [1.165, 1.54) is 25.7 Å². The third kappa shape index (κ3) is 30.2. The SMILES string of the molecule is CC/C=C\C/C=C\C/C=C\C/C=C\CCCCCCCCCCC(=O)OC(COCCC/C=C\C/C=C\C/C=C\C/C=C\CC)COC1OC(CO)C(O)C(O)C1O. The monoisotopic (exact) mass is 813 g/mol. The molecule has 6 unspecified atom stereocenters. The largest absolute Gasteiger partial charge is 0.457 e. The van der Waals surface area contributed by atoms with Crippen LogP contribution in [0, 0.1) is 0 Å². The summed E-state index contributed by atoms with van der Waals surface area (Å²) in [5.74, 6) is -0.346. The van der Waals surface area contributed by atoms with Crippen LogP contribution in [0.25, 0.3) is 0 Å². The normalized spacial score (nSPS) is 21.2. The van der Waals surface area contributed by atoms with Gasteiger partial charge in [0.15, 0.2) is 6.29 Å². The first-order valence-electron chi connectivity index (χ1n) is 22.3. The van der Waals surface area contributed by atoms with Crippen LogP contribution in [0.1, 0.15) is 142 Å². The molecule has 0 aromatic heterocycles. The summed E-state index contributed by atoms with van der Waals surface area (Å²) < 4.78 is 22.7.